The summed E-state index contributed by atoms with van der Waals surface area (Å²) in [4.78, 5) is 13.8. The van der Waals surface area contributed by atoms with Crippen molar-refractivity contribution < 1.29 is 9.53 Å². The molecule has 1 unspecified atom stereocenters. The molecule has 1 amide bonds. The molecular weight excluding hydrogens is 338 g/mol. The van der Waals surface area contributed by atoms with Gasteiger partial charge in [0.05, 0.1) is 0 Å². The number of carbonyl (C=O) groups excluding carboxylic acids is 1. The van der Waals surface area contributed by atoms with Gasteiger partial charge in [0.25, 0.3) is 0 Å². The van der Waals surface area contributed by atoms with Crippen molar-refractivity contribution in [3.05, 3.63) is 64.7 Å². The second kappa shape index (κ2) is 8.25. The fourth-order valence-corrected chi connectivity index (χ4v) is 3.75. The van der Waals surface area contributed by atoms with E-state index in [2.05, 4.69) is 12.1 Å². The number of fused-ring (bicyclic) bond motifs is 1. The first-order valence-electron chi connectivity index (χ1n) is 9.43. The molecule has 0 radical (unpaired) electrons. The quantitative estimate of drug-likeness (QED) is 0.609. The maximum Gasteiger partial charge on any atom is 0.219 e. The molecule has 3 rings (SSSR count). The number of rotatable bonds is 6. The Bertz CT molecular complexity index is 830. The molecule has 3 N–H and O–H groups in total. The van der Waals surface area contributed by atoms with E-state index in [1.54, 1.807) is 6.92 Å². The van der Waals surface area contributed by atoms with Gasteiger partial charge in [-0.25, -0.2) is 0 Å². The van der Waals surface area contributed by atoms with Crippen LogP contribution in [0.15, 0.2) is 42.5 Å². The second-order valence-electron chi connectivity index (χ2n) is 7.03. The highest BCUT2D eigenvalue weighted by Crippen LogP contribution is 2.28. The molecule has 5 nitrogen and oxygen atoms in total. The van der Waals surface area contributed by atoms with Gasteiger partial charge in [0.2, 0.25) is 5.91 Å². The third-order valence-corrected chi connectivity index (χ3v) is 5.24. The second-order valence-corrected chi connectivity index (χ2v) is 7.03. The van der Waals surface area contributed by atoms with Crippen molar-refractivity contribution in [2.45, 2.75) is 45.8 Å². The minimum absolute atomic E-state index is 0.0712. The molecule has 0 bridgehead atoms. The van der Waals surface area contributed by atoms with Gasteiger partial charge in [0.1, 0.15) is 18.2 Å². The first kappa shape index (κ1) is 19.0. The molecule has 0 spiro atoms. The summed E-state index contributed by atoms with van der Waals surface area (Å²) in [6, 6.07) is 14.1. The molecule has 0 heterocycles. The van der Waals surface area contributed by atoms with Crippen LogP contribution in [-0.2, 0) is 24.2 Å². The van der Waals surface area contributed by atoms with Crippen LogP contribution in [0.4, 0.5) is 0 Å². The van der Waals surface area contributed by atoms with Gasteiger partial charge < -0.3 is 15.4 Å². The number of nitrogen functional groups attached to an aromatic ring is 1. The first-order chi connectivity index (χ1) is 13.0. The van der Waals surface area contributed by atoms with Gasteiger partial charge in [-0.3, -0.25) is 10.2 Å². The molecule has 2 aromatic carbocycles. The number of aryl methyl sites for hydroxylation is 1. The van der Waals surface area contributed by atoms with E-state index in [4.69, 9.17) is 15.9 Å². The lowest BCUT2D eigenvalue weighted by atomic mass is 9.87. The Morgan fingerprint density at radius 3 is 2.59 bits per heavy atom. The highest BCUT2D eigenvalue weighted by atomic mass is 16.5. The molecular formula is C22H27N3O2. The maximum absolute atomic E-state index is 11.8. The molecule has 0 aliphatic heterocycles. The van der Waals surface area contributed by atoms with E-state index >= 15 is 0 Å². The topological polar surface area (TPSA) is 79.4 Å². The predicted octanol–water partition coefficient (Wildman–Crippen LogP) is 3.28. The zero-order valence-corrected chi connectivity index (χ0v) is 16.0. The van der Waals surface area contributed by atoms with E-state index < -0.39 is 0 Å². The van der Waals surface area contributed by atoms with Crippen molar-refractivity contribution in [1.29, 1.82) is 5.41 Å². The number of nitrogens with one attached hydrogen (secondary N) is 1. The summed E-state index contributed by atoms with van der Waals surface area (Å²) in [7, 11) is 0. The van der Waals surface area contributed by atoms with Gasteiger partial charge in [-0.05, 0) is 55.0 Å². The number of amidine groups is 1. The van der Waals surface area contributed by atoms with E-state index in [0.29, 0.717) is 18.2 Å². The van der Waals surface area contributed by atoms with Gasteiger partial charge >= 0.3 is 0 Å². The predicted molar refractivity (Wildman–Crippen MR) is 107 cm³/mol. The molecule has 0 fully saturated rings. The summed E-state index contributed by atoms with van der Waals surface area (Å²) in [6.07, 6.45) is 2.88. The molecule has 2 aromatic rings. The normalized spacial score (nSPS) is 15.7. The van der Waals surface area contributed by atoms with Gasteiger partial charge in [-0.2, -0.15) is 0 Å². The lowest BCUT2D eigenvalue weighted by Gasteiger charge is -2.34. The highest BCUT2D eigenvalue weighted by Gasteiger charge is 2.25. The van der Waals surface area contributed by atoms with E-state index in [1.165, 1.54) is 11.1 Å². The molecule has 0 aromatic heterocycles. The zero-order chi connectivity index (χ0) is 19.4. The molecule has 1 aliphatic rings. The molecule has 1 atom stereocenters. The standard InChI is InChI=1S/C22H27N3O2/c1-3-25(15(2)26)20-10-8-19-13-21(11-9-18(19)12-20)27-14-16-4-6-17(7-5-16)22(23)24/h4-7,9,11,13,20H,3,8,10,12,14H2,1-2H3,(H3,23,24). The van der Waals surface area contributed by atoms with E-state index in [0.717, 1.165) is 37.1 Å². The molecule has 5 heteroatoms. The highest BCUT2D eigenvalue weighted by molar-refractivity contribution is 5.94. The number of likely N-dealkylation sites (N-methyl/N-ethyl adjacent to an activating group) is 1. The average Bonchev–Trinajstić information content (AvgIpc) is 2.66. The largest absolute Gasteiger partial charge is 0.489 e. The zero-order valence-electron chi connectivity index (χ0n) is 16.0. The van der Waals surface area contributed by atoms with Crippen molar-refractivity contribution in [3.8, 4) is 5.75 Å². The fourth-order valence-electron chi connectivity index (χ4n) is 3.75. The number of ether oxygens (including phenoxy) is 1. The van der Waals surface area contributed by atoms with Crippen LogP contribution in [0.5, 0.6) is 5.75 Å². The lowest BCUT2D eigenvalue weighted by molar-refractivity contribution is -0.131. The number of carbonyl (C=O) groups is 1. The molecule has 142 valence electrons. The Morgan fingerprint density at radius 1 is 1.22 bits per heavy atom. The number of hydrogen-bond acceptors (Lipinski definition) is 3. The van der Waals surface area contributed by atoms with Crippen LogP contribution in [0, 0.1) is 5.41 Å². The summed E-state index contributed by atoms with van der Waals surface area (Å²) >= 11 is 0. The van der Waals surface area contributed by atoms with Crippen molar-refractivity contribution in [3.63, 3.8) is 0 Å². The summed E-state index contributed by atoms with van der Waals surface area (Å²) in [5, 5.41) is 7.43. The molecule has 0 saturated heterocycles. The number of hydrogen-bond donors (Lipinski definition) is 2. The Morgan fingerprint density at radius 2 is 1.96 bits per heavy atom. The van der Waals surface area contributed by atoms with Crippen molar-refractivity contribution in [1.82, 2.24) is 4.90 Å². The van der Waals surface area contributed by atoms with E-state index in [9.17, 15) is 4.79 Å². The monoisotopic (exact) mass is 365 g/mol. The maximum atomic E-state index is 11.8. The van der Waals surface area contributed by atoms with Crippen molar-refractivity contribution in [2.75, 3.05) is 6.54 Å². The van der Waals surface area contributed by atoms with Gasteiger partial charge in [0.15, 0.2) is 0 Å². The average molecular weight is 365 g/mol. The number of benzene rings is 2. The third kappa shape index (κ3) is 4.48. The SMILES string of the molecule is CCN(C(C)=O)C1CCc2cc(OCc3ccc(C(=N)N)cc3)ccc2C1. The Hall–Kier alpha value is -2.82. The summed E-state index contributed by atoms with van der Waals surface area (Å²) in [5.41, 5.74) is 9.86. The van der Waals surface area contributed by atoms with Gasteiger partial charge in [-0.15, -0.1) is 0 Å². The minimum Gasteiger partial charge on any atom is -0.489 e. The van der Waals surface area contributed by atoms with Gasteiger partial charge in [-0.1, -0.05) is 30.3 Å². The third-order valence-electron chi connectivity index (χ3n) is 5.24. The lowest BCUT2D eigenvalue weighted by Crippen LogP contribution is -2.42. The Kier molecular flexibility index (Phi) is 5.79. The fraction of sp³-hybridized carbons (Fsp3) is 0.364. The Balaban J connectivity index is 1.63. The van der Waals surface area contributed by atoms with Crippen LogP contribution in [0.1, 0.15) is 42.5 Å². The minimum atomic E-state index is 0.0712. The number of amides is 1. The van der Waals surface area contributed by atoms with Crippen molar-refractivity contribution >= 4 is 11.7 Å². The first-order valence-corrected chi connectivity index (χ1v) is 9.43. The molecule has 27 heavy (non-hydrogen) atoms. The Labute approximate surface area is 160 Å². The number of nitrogens with zero attached hydrogens (tertiary/aromatic N) is 1. The summed E-state index contributed by atoms with van der Waals surface area (Å²) in [6.45, 7) is 4.93. The van der Waals surface area contributed by atoms with Crippen LogP contribution in [0.25, 0.3) is 0 Å². The summed E-state index contributed by atoms with van der Waals surface area (Å²) < 4.78 is 5.94. The van der Waals surface area contributed by atoms with E-state index in [-0.39, 0.29) is 11.7 Å². The van der Waals surface area contributed by atoms with Crippen LogP contribution in [0.3, 0.4) is 0 Å². The van der Waals surface area contributed by atoms with Crippen LogP contribution in [-0.4, -0.2) is 29.2 Å². The van der Waals surface area contributed by atoms with Crippen molar-refractivity contribution in [2.24, 2.45) is 5.73 Å². The van der Waals surface area contributed by atoms with Crippen LogP contribution >= 0.6 is 0 Å². The molecule has 1 aliphatic carbocycles. The summed E-state index contributed by atoms with van der Waals surface area (Å²) in [5.74, 6) is 1.09. The smallest absolute Gasteiger partial charge is 0.219 e. The van der Waals surface area contributed by atoms with Crippen LogP contribution in [0.2, 0.25) is 0 Å². The number of nitrogens with two attached hydrogens (primary N) is 1. The van der Waals surface area contributed by atoms with E-state index in [1.807, 2.05) is 42.2 Å². The van der Waals surface area contributed by atoms with Gasteiger partial charge in [0, 0.05) is 25.1 Å². The van der Waals surface area contributed by atoms with Crippen LogP contribution < -0.4 is 10.5 Å². The molecule has 0 saturated carbocycles.